The average molecular weight is 502 g/mol. The van der Waals surface area contributed by atoms with Crippen LogP contribution in [-0.2, 0) is 33.8 Å². The number of aromatic nitrogens is 1. The van der Waals surface area contributed by atoms with Crippen molar-refractivity contribution in [1.82, 2.24) is 14.6 Å². The molecule has 1 aliphatic rings. The summed E-state index contributed by atoms with van der Waals surface area (Å²) in [7, 11) is -0.651. The third-order valence-corrected chi connectivity index (χ3v) is 7.40. The van der Waals surface area contributed by atoms with E-state index in [4.69, 9.17) is 0 Å². The number of carbonyl (C=O) groups excluding carboxylic acids is 1. The lowest BCUT2D eigenvalue weighted by molar-refractivity contribution is -0.137. The number of hydrogen-bond acceptors (Lipinski definition) is 4. The van der Waals surface area contributed by atoms with Gasteiger partial charge in [-0.05, 0) is 42.0 Å². The molecular formula is C25H22F3N3O3S. The van der Waals surface area contributed by atoms with Crippen LogP contribution < -0.4 is 5.32 Å². The molecule has 6 nitrogen and oxygen atoms in total. The normalized spacial score (nSPS) is 13.5. The molecule has 1 heterocycles. The summed E-state index contributed by atoms with van der Waals surface area (Å²) >= 11 is 0. The Morgan fingerprint density at radius 3 is 2.43 bits per heavy atom. The standard InChI is InChI=1S/C25H22F3N3O3S/c1-31(2)35(33,34)19-5-3-4-17(15-19)21-11-10-20-22(29-21)12-13-23(20)30-24(32)14-16-6-8-18(9-7-16)25(26,27)28/h3-11,13,15H,12,14H2,1-2H3,(H,30,32). The van der Waals surface area contributed by atoms with Gasteiger partial charge in [-0.25, -0.2) is 12.7 Å². The number of fused-ring (bicyclic) bond motifs is 1. The fraction of sp³-hybridized carbons (Fsp3) is 0.200. The van der Waals surface area contributed by atoms with Crippen molar-refractivity contribution in [1.29, 1.82) is 0 Å². The van der Waals surface area contributed by atoms with Crippen LogP contribution in [0.5, 0.6) is 0 Å². The van der Waals surface area contributed by atoms with Crippen LogP contribution in [0.25, 0.3) is 17.0 Å². The van der Waals surface area contributed by atoms with E-state index < -0.39 is 21.8 Å². The maximum absolute atomic E-state index is 12.7. The van der Waals surface area contributed by atoms with Gasteiger partial charge >= 0.3 is 6.18 Å². The Morgan fingerprint density at radius 1 is 1.06 bits per heavy atom. The fourth-order valence-corrected chi connectivity index (χ4v) is 4.66. The van der Waals surface area contributed by atoms with E-state index in [0.29, 0.717) is 28.9 Å². The molecule has 1 N–H and O–H groups in total. The number of carbonyl (C=O) groups is 1. The lowest BCUT2D eigenvalue weighted by atomic mass is 10.1. The van der Waals surface area contributed by atoms with Crippen molar-refractivity contribution in [3.8, 4) is 11.3 Å². The maximum Gasteiger partial charge on any atom is 0.416 e. The highest BCUT2D eigenvalue weighted by Crippen LogP contribution is 2.30. The van der Waals surface area contributed by atoms with Crippen molar-refractivity contribution in [3.63, 3.8) is 0 Å². The topological polar surface area (TPSA) is 79.4 Å². The van der Waals surface area contributed by atoms with Crippen LogP contribution in [0.1, 0.15) is 22.4 Å². The summed E-state index contributed by atoms with van der Waals surface area (Å²) in [5.41, 5.74) is 3.01. The molecular weight excluding hydrogens is 479 g/mol. The highest BCUT2D eigenvalue weighted by Gasteiger charge is 2.30. The number of halogens is 3. The lowest BCUT2D eigenvalue weighted by Gasteiger charge is -2.13. The quantitative estimate of drug-likeness (QED) is 0.547. The van der Waals surface area contributed by atoms with Crippen LogP contribution in [0.15, 0.2) is 71.6 Å². The van der Waals surface area contributed by atoms with E-state index in [-0.39, 0.29) is 17.2 Å². The van der Waals surface area contributed by atoms with Crippen LogP contribution in [0.4, 0.5) is 13.2 Å². The zero-order valence-electron chi connectivity index (χ0n) is 18.9. The number of rotatable bonds is 6. The lowest BCUT2D eigenvalue weighted by Crippen LogP contribution is -2.23. The first kappa shape index (κ1) is 24.6. The molecule has 35 heavy (non-hydrogen) atoms. The van der Waals surface area contributed by atoms with Gasteiger partial charge in [-0.1, -0.05) is 30.3 Å². The van der Waals surface area contributed by atoms with E-state index in [1.54, 1.807) is 24.3 Å². The van der Waals surface area contributed by atoms with Crippen LogP contribution in [0, 0.1) is 0 Å². The first-order valence-electron chi connectivity index (χ1n) is 10.6. The van der Waals surface area contributed by atoms with Gasteiger partial charge in [-0.2, -0.15) is 13.2 Å². The molecule has 3 aromatic rings. The molecule has 1 aliphatic carbocycles. The molecule has 4 rings (SSSR count). The van der Waals surface area contributed by atoms with Crippen molar-refractivity contribution in [2.24, 2.45) is 0 Å². The smallest absolute Gasteiger partial charge is 0.325 e. The van der Waals surface area contributed by atoms with Gasteiger partial charge in [0, 0.05) is 37.3 Å². The third-order valence-electron chi connectivity index (χ3n) is 5.59. The highest BCUT2D eigenvalue weighted by atomic mass is 32.2. The molecule has 0 aliphatic heterocycles. The fourth-order valence-electron chi connectivity index (χ4n) is 3.71. The SMILES string of the molecule is CN(C)S(=O)(=O)c1cccc(-c2ccc3c(n2)CC=C3NC(=O)Cc2ccc(C(F)(F)F)cc2)c1. The molecule has 1 amide bonds. The second kappa shape index (κ2) is 9.27. The minimum Gasteiger partial charge on any atom is -0.325 e. The third kappa shape index (κ3) is 5.28. The minimum atomic E-state index is -4.42. The van der Waals surface area contributed by atoms with Crippen molar-refractivity contribution in [2.45, 2.75) is 23.9 Å². The summed E-state index contributed by atoms with van der Waals surface area (Å²) in [6.07, 6.45) is -2.19. The number of nitrogens with zero attached hydrogens (tertiary/aromatic N) is 2. The van der Waals surface area contributed by atoms with Crippen molar-refractivity contribution in [3.05, 3.63) is 89.1 Å². The van der Waals surface area contributed by atoms with Crippen molar-refractivity contribution < 1.29 is 26.4 Å². The van der Waals surface area contributed by atoms with Gasteiger partial charge in [0.25, 0.3) is 0 Å². The first-order chi connectivity index (χ1) is 16.4. The number of benzene rings is 2. The van der Waals surface area contributed by atoms with E-state index >= 15 is 0 Å². The summed E-state index contributed by atoms with van der Waals surface area (Å²) in [5.74, 6) is -0.352. The number of allylic oxidation sites excluding steroid dienone is 1. The number of pyridine rings is 1. The zero-order valence-corrected chi connectivity index (χ0v) is 19.7. The van der Waals surface area contributed by atoms with Gasteiger partial charge in [-0.3, -0.25) is 9.78 Å². The number of alkyl halides is 3. The van der Waals surface area contributed by atoms with Gasteiger partial charge < -0.3 is 5.32 Å². The Bertz CT molecular complexity index is 1410. The van der Waals surface area contributed by atoms with Gasteiger partial charge in [-0.15, -0.1) is 0 Å². The van der Waals surface area contributed by atoms with E-state index in [2.05, 4.69) is 10.3 Å². The van der Waals surface area contributed by atoms with Gasteiger partial charge in [0.15, 0.2) is 0 Å². The molecule has 0 fully saturated rings. The molecule has 10 heteroatoms. The molecule has 0 radical (unpaired) electrons. The van der Waals surface area contributed by atoms with Gasteiger partial charge in [0.2, 0.25) is 15.9 Å². The summed E-state index contributed by atoms with van der Waals surface area (Å²) < 4.78 is 64.2. The van der Waals surface area contributed by atoms with Crippen LogP contribution in [-0.4, -0.2) is 37.7 Å². The van der Waals surface area contributed by atoms with Crippen LogP contribution >= 0.6 is 0 Å². The Morgan fingerprint density at radius 2 is 1.77 bits per heavy atom. The Balaban J connectivity index is 1.47. The molecule has 0 bridgehead atoms. The summed E-state index contributed by atoms with van der Waals surface area (Å²) in [5, 5.41) is 2.80. The summed E-state index contributed by atoms with van der Waals surface area (Å²) in [6, 6.07) is 14.6. The van der Waals surface area contributed by atoms with Crippen LogP contribution in [0.3, 0.4) is 0 Å². The molecule has 2 aromatic carbocycles. The van der Waals surface area contributed by atoms with Crippen molar-refractivity contribution >= 4 is 21.6 Å². The monoisotopic (exact) mass is 501 g/mol. The van der Waals surface area contributed by atoms with Gasteiger partial charge in [0.05, 0.1) is 28.3 Å². The molecule has 0 saturated carbocycles. The predicted octanol–water partition coefficient (Wildman–Crippen LogP) is 4.27. The van der Waals surface area contributed by atoms with E-state index in [1.165, 1.54) is 32.3 Å². The number of amides is 1. The Labute approximate surface area is 201 Å². The molecule has 0 atom stereocenters. The molecule has 0 spiro atoms. The predicted molar refractivity (Wildman–Crippen MR) is 126 cm³/mol. The zero-order chi connectivity index (χ0) is 25.4. The van der Waals surface area contributed by atoms with E-state index in [9.17, 15) is 26.4 Å². The summed E-state index contributed by atoms with van der Waals surface area (Å²) in [4.78, 5) is 17.3. The Hall–Kier alpha value is -3.50. The van der Waals surface area contributed by atoms with E-state index in [1.807, 2.05) is 12.1 Å². The number of hydrogen-bond donors (Lipinski definition) is 1. The van der Waals surface area contributed by atoms with Crippen LogP contribution in [0.2, 0.25) is 0 Å². The average Bonchev–Trinajstić information content (AvgIpc) is 3.20. The molecule has 1 aromatic heterocycles. The molecule has 0 unspecified atom stereocenters. The minimum absolute atomic E-state index is 0.0660. The Kier molecular flexibility index (Phi) is 6.52. The molecule has 182 valence electrons. The van der Waals surface area contributed by atoms with E-state index in [0.717, 1.165) is 27.7 Å². The largest absolute Gasteiger partial charge is 0.416 e. The highest BCUT2D eigenvalue weighted by molar-refractivity contribution is 7.89. The first-order valence-corrected chi connectivity index (χ1v) is 12.1. The maximum atomic E-state index is 12.7. The molecule has 0 saturated heterocycles. The second-order valence-corrected chi connectivity index (χ2v) is 10.4. The number of sulfonamides is 1. The summed E-state index contributed by atoms with van der Waals surface area (Å²) in [6.45, 7) is 0. The second-order valence-electron chi connectivity index (χ2n) is 8.25. The number of nitrogens with one attached hydrogen (secondary N) is 1. The van der Waals surface area contributed by atoms with Gasteiger partial charge in [0.1, 0.15) is 0 Å². The van der Waals surface area contributed by atoms with Crippen molar-refractivity contribution in [2.75, 3.05) is 14.1 Å².